The number of hydrogen-bond acceptors (Lipinski definition) is 5. The first-order valence-corrected chi connectivity index (χ1v) is 5.75. The van der Waals surface area contributed by atoms with Crippen molar-refractivity contribution in [3.05, 3.63) is 65.1 Å². The number of ether oxygens (including phenoxy) is 1. The van der Waals surface area contributed by atoms with Crippen LogP contribution in [0.4, 0.5) is 5.69 Å². The fourth-order valence-corrected chi connectivity index (χ4v) is 1.56. The number of phenolic OH excluding ortho intramolecular Hbond substituents is 1. The number of hydrogen-bond donors (Lipinski definition) is 1. The Balaban J connectivity index is 2.18. The SMILES string of the molecule is C=Cc1ccc(OC(=O)c2ccc(O)c(N=O)c2)cc1. The van der Waals surface area contributed by atoms with Crippen molar-refractivity contribution in [1.82, 2.24) is 0 Å². The van der Waals surface area contributed by atoms with Crippen LogP contribution >= 0.6 is 0 Å². The van der Waals surface area contributed by atoms with E-state index in [-0.39, 0.29) is 17.0 Å². The van der Waals surface area contributed by atoms with Gasteiger partial charge in [-0.1, -0.05) is 24.8 Å². The third kappa shape index (κ3) is 2.89. The molecule has 20 heavy (non-hydrogen) atoms. The van der Waals surface area contributed by atoms with Gasteiger partial charge in [0.05, 0.1) is 5.56 Å². The molecule has 5 nitrogen and oxygen atoms in total. The zero-order valence-corrected chi connectivity index (χ0v) is 10.4. The predicted octanol–water partition coefficient (Wildman–Crippen LogP) is 3.65. The predicted molar refractivity (Wildman–Crippen MR) is 75.1 cm³/mol. The number of carbonyl (C=O) groups excluding carboxylic acids is 1. The number of rotatable bonds is 4. The van der Waals surface area contributed by atoms with E-state index in [2.05, 4.69) is 11.8 Å². The zero-order chi connectivity index (χ0) is 14.5. The topological polar surface area (TPSA) is 76.0 Å². The second-order valence-electron chi connectivity index (χ2n) is 3.96. The van der Waals surface area contributed by atoms with Crippen molar-refractivity contribution in [2.45, 2.75) is 0 Å². The van der Waals surface area contributed by atoms with E-state index >= 15 is 0 Å². The molecular formula is C15H11NO4. The van der Waals surface area contributed by atoms with Gasteiger partial charge in [0.25, 0.3) is 0 Å². The Labute approximate surface area is 115 Å². The minimum absolute atomic E-state index is 0.130. The van der Waals surface area contributed by atoms with Crippen LogP contribution in [-0.2, 0) is 0 Å². The van der Waals surface area contributed by atoms with Gasteiger partial charge in [-0.2, -0.15) is 0 Å². The fraction of sp³-hybridized carbons (Fsp3) is 0. The van der Waals surface area contributed by atoms with Crippen LogP contribution in [-0.4, -0.2) is 11.1 Å². The summed E-state index contributed by atoms with van der Waals surface area (Å²) in [5.41, 5.74) is 0.827. The van der Waals surface area contributed by atoms with Gasteiger partial charge in [0.1, 0.15) is 17.2 Å². The summed E-state index contributed by atoms with van der Waals surface area (Å²) < 4.78 is 5.14. The Morgan fingerprint density at radius 1 is 1.20 bits per heavy atom. The maximum atomic E-state index is 11.9. The van der Waals surface area contributed by atoms with E-state index < -0.39 is 5.97 Å². The molecule has 0 aromatic heterocycles. The average molecular weight is 269 g/mol. The molecule has 0 aliphatic rings. The number of aromatic hydroxyl groups is 1. The molecule has 2 aromatic carbocycles. The van der Waals surface area contributed by atoms with E-state index in [0.717, 1.165) is 5.56 Å². The molecule has 0 saturated carbocycles. The molecule has 1 N–H and O–H groups in total. The number of nitrogens with zero attached hydrogens (tertiary/aromatic N) is 1. The third-order valence-electron chi connectivity index (χ3n) is 2.64. The molecule has 0 spiro atoms. The van der Waals surface area contributed by atoms with Crippen LogP contribution in [0.3, 0.4) is 0 Å². The van der Waals surface area contributed by atoms with Crippen molar-refractivity contribution in [3.63, 3.8) is 0 Å². The number of benzene rings is 2. The summed E-state index contributed by atoms with van der Waals surface area (Å²) in [4.78, 5) is 22.3. The van der Waals surface area contributed by atoms with Gasteiger partial charge in [0.2, 0.25) is 0 Å². The first-order valence-electron chi connectivity index (χ1n) is 5.75. The molecule has 100 valence electrons. The molecule has 2 aromatic rings. The van der Waals surface area contributed by atoms with Gasteiger partial charge in [-0.3, -0.25) is 0 Å². The van der Waals surface area contributed by atoms with Crippen molar-refractivity contribution < 1.29 is 14.6 Å². The van der Waals surface area contributed by atoms with E-state index in [4.69, 9.17) is 4.74 Å². The molecule has 0 bridgehead atoms. The lowest BCUT2D eigenvalue weighted by atomic mass is 10.2. The van der Waals surface area contributed by atoms with Crippen molar-refractivity contribution in [1.29, 1.82) is 0 Å². The second kappa shape index (κ2) is 5.79. The second-order valence-corrected chi connectivity index (χ2v) is 3.96. The van der Waals surface area contributed by atoms with Gasteiger partial charge in [-0.05, 0) is 41.1 Å². The van der Waals surface area contributed by atoms with Crippen LogP contribution in [0.15, 0.2) is 54.2 Å². The monoisotopic (exact) mass is 269 g/mol. The Kier molecular flexibility index (Phi) is 3.91. The fourth-order valence-electron chi connectivity index (χ4n) is 1.56. The highest BCUT2D eigenvalue weighted by Crippen LogP contribution is 2.27. The summed E-state index contributed by atoms with van der Waals surface area (Å²) in [5, 5.41) is 11.9. The van der Waals surface area contributed by atoms with Crippen LogP contribution in [0.25, 0.3) is 6.08 Å². The minimum atomic E-state index is -0.638. The molecule has 0 saturated heterocycles. The van der Waals surface area contributed by atoms with E-state index in [1.165, 1.54) is 18.2 Å². The lowest BCUT2D eigenvalue weighted by molar-refractivity contribution is 0.0735. The molecule has 0 aliphatic carbocycles. The van der Waals surface area contributed by atoms with Gasteiger partial charge in [0, 0.05) is 0 Å². The minimum Gasteiger partial charge on any atom is -0.506 e. The number of nitroso groups, excluding NO2 is 1. The van der Waals surface area contributed by atoms with Crippen LogP contribution in [0.1, 0.15) is 15.9 Å². The Hall–Kier alpha value is -2.95. The van der Waals surface area contributed by atoms with Gasteiger partial charge in [0.15, 0.2) is 0 Å². The summed E-state index contributed by atoms with van der Waals surface area (Å²) >= 11 is 0. The van der Waals surface area contributed by atoms with Gasteiger partial charge >= 0.3 is 5.97 Å². The van der Waals surface area contributed by atoms with Crippen LogP contribution in [0, 0.1) is 4.91 Å². The van der Waals surface area contributed by atoms with Crippen molar-refractivity contribution in [3.8, 4) is 11.5 Å². The zero-order valence-electron chi connectivity index (χ0n) is 10.4. The molecule has 0 amide bonds. The maximum Gasteiger partial charge on any atom is 0.343 e. The van der Waals surface area contributed by atoms with Gasteiger partial charge < -0.3 is 9.84 Å². The molecule has 0 aliphatic heterocycles. The lowest BCUT2D eigenvalue weighted by Gasteiger charge is -2.05. The highest BCUT2D eigenvalue weighted by Gasteiger charge is 2.12. The average Bonchev–Trinajstić information content (AvgIpc) is 2.48. The standard InChI is InChI=1S/C15H11NO4/c1-2-10-3-6-12(7-4-10)20-15(18)11-5-8-14(17)13(9-11)16-19/h2-9,17H,1H2. The molecule has 2 rings (SSSR count). The van der Waals surface area contributed by atoms with Crippen molar-refractivity contribution in [2.24, 2.45) is 5.18 Å². The van der Waals surface area contributed by atoms with Crippen LogP contribution < -0.4 is 4.74 Å². The Bertz CT molecular complexity index is 662. The summed E-state index contributed by atoms with van der Waals surface area (Å²) in [7, 11) is 0. The first-order chi connectivity index (χ1) is 9.63. The van der Waals surface area contributed by atoms with E-state index in [9.17, 15) is 14.8 Å². The highest BCUT2D eigenvalue weighted by atomic mass is 16.5. The normalized spacial score (nSPS) is 9.80. The number of phenols is 1. The third-order valence-corrected chi connectivity index (χ3v) is 2.64. The molecule has 0 fully saturated rings. The van der Waals surface area contributed by atoms with Gasteiger partial charge in [-0.15, -0.1) is 4.91 Å². The maximum absolute atomic E-state index is 11.9. The van der Waals surface area contributed by atoms with Crippen LogP contribution in [0.2, 0.25) is 0 Å². The Morgan fingerprint density at radius 2 is 1.90 bits per heavy atom. The van der Waals surface area contributed by atoms with Crippen molar-refractivity contribution in [2.75, 3.05) is 0 Å². The molecule has 5 heteroatoms. The molecule has 0 heterocycles. The Morgan fingerprint density at radius 3 is 2.50 bits per heavy atom. The summed E-state index contributed by atoms with van der Waals surface area (Å²) in [6.45, 7) is 3.63. The summed E-state index contributed by atoms with van der Waals surface area (Å²) in [5.74, 6) is -0.553. The van der Waals surface area contributed by atoms with Gasteiger partial charge in [-0.25, -0.2) is 4.79 Å². The van der Waals surface area contributed by atoms with Crippen LogP contribution in [0.5, 0.6) is 11.5 Å². The molecule has 0 radical (unpaired) electrons. The summed E-state index contributed by atoms with van der Waals surface area (Å²) in [6, 6.07) is 10.5. The lowest BCUT2D eigenvalue weighted by Crippen LogP contribution is -2.08. The summed E-state index contributed by atoms with van der Waals surface area (Å²) in [6.07, 6.45) is 1.67. The van der Waals surface area contributed by atoms with E-state index in [1.54, 1.807) is 30.3 Å². The molecule has 0 unspecified atom stereocenters. The van der Waals surface area contributed by atoms with Crippen molar-refractivity contribution >= 4 is 17.7 Å². The van der Waals surface area contributed by atoms with E-state index in [0.29, 0.717) is 5.75 Å². The first kappa shape index (κ1) is 13.5. The number of carbonyl (C=O) groups is 1. The van der Waals surface area contributed by atoms with E-state index in [1.807, 2.05) is 0 Å². The smallest absolute Gasteiger partial charge is 0.343 e. The molecular weight excluding hydrogens is 258 g/mol. The molecule has 0 atom stereocenters. The largest absolute Gasteiger partial charge is 0.506 e. The quantitative estimate of drug-likeness (QED) is 0.522. The highest BCUT2D eigenvalue weighted by molar-refractivity contribution is 5.92. The number of esters is 1.